The number of hydrogen-bond donors (Lipinski definition) is 0. The van der Waals surface area contributed by atoms with Crippen molar-refractivity contribution < 1.29 is 23.5 Å². The molecule has 1 aromatic heterocycles. The number of rotatable bonds is 7. The third-order valence-electron chi connectivity index (χ3n) is 4.50. The summed E-state index contributed by atoms with van der Waals surface area (Å²) in [6, 6.07) is 16.0. The first-order chi connectivity index (χ1) is 14.4. The number of aryl methyl sites for hydroxylation is 1. The Kier molecular flexibility index (Phi) is 6.28. The van der Waals surface area contributed by atoms with Gasteiger partial charge in [0.15, 0.2) is 13.2 Å². The van der Waals surface area contributed by atoms with Crippen LogP contribution in [0.3, 0.4) is 0 Å². The summed E-state index contributed by atoms with van der Waals surface area (Å²) in [5.74, 6) is -1.01. The molecule has 2 aromatic carbocycles. The highest BCUT2D eigenvalue weighted by atomic mass is 19.1. The highest BCUT2D eigenvalue weighted by Gasteiger charge is 2.18. The van der Waals surface area contributed by atoms with Gasteiger partial charge in [-0.05, 0) is 62.4 Å². The fourth-order valence-corrected chi connectivity index (χ4v) is 3.09. The second kappa shape index (κ2) is 9.05. The van der Waals surface area contributed by atoms with Gasteiger partial charge in [0.1, 0.15) is 11.6 Å². The van der Waals surface area contributed by atoms with E-state index >= 15 is 0 Å². The fraction of sp³-hybridized carbons (Fsp3) is 0.174. The van der Waals surface area contributed by atoms with Gasteiger partial charge in [0, 0.05) is 22.6 Å². The van der Waals surface area contributed by atoms with E-state index in [0.29, 0.717) is 28.3 Å². The first-order valence-corrected chi connectivity index (χ1v) is 9.15. The molecular weight excluding hydrogens is 387 g/mol. The van der Waals surface area contributed by atoms with E-state index in [2.05, 4.69) is 0 Å². The van der Waals surface area contributed by atoms with E-state index in [1.165, 1.54) is 12.1 Å². The van der Waals surface area contributed by atoms with Crippen LogP contribution in [-0.4, -0.2) is 29.5 Å². The molecule has 7 heteroatoms. The Bertz CT molecular complexity index is 1130. The monoisotopic (exact) mass is 406 g/mol. The lowest BCUT2D eigenvalue weighted by molar-refractivity contribution is -0.144. The molecule has 0 radical (unpaired) electrons. The molecule has 0 amide bonds. The summed E-state index contributed by atoms with van der Waals surface area (Å²) >= 11 is 0. The Labute approximate surface area is 173 Å². The molecule has 0 unspecified atom stereocenters. The third-order valence-corrected chi connectivity index (χ3v) is 4.50. The van der Waals surface area contributed by atoms with Crippen molar-refractivity contribution in [1.82, 2.24) is 4.57 Å². The minimum absolute atomic E-state index is 0.360. The minimum Gasteiger partial charge on any atom is -0.482 e. The van der Waals surface area contributed by atoms with Gasteiger partial charge in [0.25, 0.3) is 0 Å². The largest absolute Gasteiger partial charge is 0.482 e. The van der Waals surface area contributed by atoms with Crippen molar-refractivity contribution in [3.05, 3.63) is 82.9 Å². The lowest BCUT2D eigenvalue weighted by atomic mass is 10.1. The molecule has 0 aliphatic carbocycles. The minimum atomic E-state index is -0.688. The van der Waals surface area contributed by atoms with Crippen molar-refractivity contribution in [2.24, 2.45) is 0 Å². The third kappa shape index (κ3) is 4.73. The SMILES string of the molecule is Cc1cc(C(=O)COC(=O)COc2ccc(C#N)cc2)c(C)n1-c1cccc(F)c1. The lowest BCUT2D eigenvalue weighted by Gasteiger charge is -2.10. The van der Waals surface area contributed by atoms with Crippen LogP contribution < -0.4 is 4.74 Å². The maximum atomic E-state index is 13.6. The van der Waals surface area contributed by atoms with Crippen LogP contribution in [0.15, 0.2) is 54.6 Å². The van der Waals surface area contributed by atoms with Crippen LogP contribution in [0, 0.1) is 31.0 Å². The summed E-state index contributed by atoms with van der Waals surface area (Å²) in [6.07, 6.45) is 0. The normalized spacial score (nSPS) is 10.3. The number of Topliss-reactive ketones (excluding diaryl/α,β-unsaturated/α-hetero) is 1. The standard InChI is InChI=1S/C23H19FN2O4/c1-15-10-21(16(2)26(15)19-5-3-4-18(24)11-19)22(27)13-30-23(28)14-29-20-8-6-17(12-25)7-9-20/h3-11H,13-14H2,1-2H3. The first-order valence-electron chi connectivity index (χ1n) is 9.15. The van der Waals surface area contributed by atoms with E-state index in [4.69, 9.17) is 14.7 Å². The molecule has 3 rings (SSSR count). The quantitative estimate of drug-likeness (QED) is 0.439. The topological polar surface area (TPSA) is 81.3 Å². The predicted octanol–water partition coefficient (Wildman–Crippen LogP) is 3.91. The van der Waals surface area contributed by atoms with Crippen molar-refractivity contribution in [3.8, 4) is 17.5 Å². The zero-order chi connectivity index (χ0) is 21.7. The van der Waals surface area contributed by atoms with E-state index in [1.807, 2.05) is 13.0 Å². The van der Waals surface area contributed by atoms with Gasteiger partial charge in [0.2, 0.25) is 5.78 Å². The van der Waals surface area contributed by atoms with Crippen LogP contribution in [0.5, 0.6) is 5.75 Å². The number of nitrogens with zero attached hydrogens (tertiary/aromatic N) is 2. The Hall–Kier alpha value is -3.92. The summed E-state index contributed by atoms with van der Waals surface area (Å²) in [4.78, 5) is 24.4. The average Bonchev–Trinajstić information content (AvgIpc) is 3.04. The van der Waals surface area contributed by atoms with E-state index in [-0.39, 0.29) is 18.2 Å². The summed E-state index contributed by atoms with van der Waals surface area (Å²) < 4.78 is 25.6. The van der Waals surface area contributed by atoms with Gasteiger partial charge in [-0.15, -0.1) is 0 Å². The molecular formula is C23H19FN2O4. The molecule has 0 aliphatic rings. The second-order valence-electron chi connectivity index (χ2n) is 6.61. The molecule has 3 aromatic rings. The number of benzene rings is 2. The van der Waals surface area contributed by atoms with Gasteiger partial charge in [-0.1, -0.05) is 6.07 Å². The molecule has 0 spiro atoms. The molecule has 30 heavy (non-hydrogen) atoms. The van der Waals surface area contributed by atoms with E-state index in [0.717, 1.165) is 5.69 Å². The molecule has 0 fully saturated rings. The van der Waals surface area contributed by atoms with Gasteiger partial charge < -0.3 is 14.0 Å². The zero-order valence-corrected chi connectivity index (χ0v) is 16.5. The van der Waals surface area contributed by atoms with Crippen molar-refractivity contribution >= 4 is 11.8 Å². The molecule has 0 aliphatic heterocycles. The molecule has 0 saturated carbocycles. The number of nitriles is 1. The Balaban J connectivity index is 1.60. The molecule has 6 nitrogen and oxygen atoms in total. The number of aromatic nitrogens is 1. The molecule has 152 valence electrons. The van der Waals surface area contributed by atoms with Crippen LogP contribution in [0.25, 0.3) is 5.69 Å². The highest BCUT2D eigenvalue weighted by molar-refractivity contribution is 5.99. The summed E-state index contributed by atoms with van der Waals surface area (Å²) in [5, 5.41) is 8.76. The maximum Gasteiger partial charge on any atom is 0.344 e. The van der Waals surface area contributed by atoms with Crippen LogP contribution in [0.4, 0.5) is 4.39 Å². The molecule has 1 heterocycles. The van der Waals surface area contributed by atoms with Gasteiger partial charge in [-0.2, -0.15) is 5.26 Å². The number of halogens is 1. The summed E-state index contributed by atoms with van der Waals surface area (Å²) in [6.45, 7) is 2.78. The second-order valence-corrected chi connectivity index (χ2v) is 6.61. The number of ether oxygens (including phenoxy) is 2. The van der Waals surface area contributed by atoms with Crippen LogP contribution in [-0.2, 0) is 9.53 Å². The first kappa shape index (κ1) is 20.8. The number of carbonyl (C=O) groups is 2. The number of esters is 1. The fourth-order valence-electron chi connectivity index (χ4n) is 3.09. The lowest BCUT2D eigenvalue weighted by Crippen LogP contribution is -2.19. The molecule has 0 saturated heterocycles. The number of carbonyl (C=O) groups excluding carboxylic acids is 2. The highest BCUT2D eigenvalue weighted by Crippen LogP contribution is 2.22. The van der Waals surface area contributed by atoms with E-state index < -0.39 is 12.6 Å². The molecule has 0 bridgehead atoms. The van der Waals surface area contributed by atoms with E-state index in [9.17, 15) is 14.0 Å². The Morgan fingerprint density at radius 3 is 2.47 bits per heavy atom. The van der Waals surface area contributed by atoms with Gasteiger partial charge in [0.05, 0.1) is 11.6 Å². The van der Waals surface area contributed by atoms with Crippen LogP contribution >= 0.6 is 0 Å². The van der Waals surface area contributed by atoms with Crippen LogP contribution in [0.2, 0.25) is 0 Å². The van der Waals surface area contributed by atoms with Gasteiger partial charge >= 0.3 is 5.97 Å². The molecule has 0 atom stereocenters. The van der Waals surface area contributed by atoms with Crippen molar-refractivity contribution in [2.45, 2.75) is 13.8 Å². The van der Waals surface area contributed by atoms with Gasteiger partial charge in [-0.25, -0.2) is 9.18 Å². The smallest absolute Gasteiger partial charge is 0.344 e. The zero-order valence-electron chi connectivity index (χ0n) is 16.5. The van der Waals surface area contributed by atoms with E-state index in [1.54, 1.807) is 54.0 Å². The summed E-state index contributed by atoms with van der Waals surface area (Å²) in [7, 11) is 0. The maximum absolute atomic E-state index is 13.6. The van der Waals surface area contributed by atoms with Crippen molar-refractivity contribution in [1.29, 1.82) is 5.26 Å². The molecule has 0 N–H and O–H groups in total. The van der Waals surface area contributed by atoms with Crippen molar-refractivity contribution in [3.63, 3.8) is 0 Å². The predicted molar refractivity (Wildman–Crippen MR) is 107 cm³/mol. The van der Waals surface area contributed by atoms with Gasteiger partial charge in [-0.3, -0.25) is 4.79 Å². The van der Waals surface area contributed by atoms with Crippen LogP contribution in [0.1, 0.15) is 27.3 Å². The van der Waals surface area contributed by atoms with Crippen molar-refractivity contribution in [2.75, 3.05) is 13.2 Å². The average molecular weight is 406 g/mol. The Morgan fingerprint density at radius 1 is 1.07 bits per heavy atom. The number of hydrogen-bond acceptors (Lipinski definition) is 5. The summed E-state index contributed by atoms with van der Waals surface area (Å²) in [5.41, 5.74) is 2.88. The Morgan fingerprint density at radius 2 is 1.80 bits per heavy atom. The number of ketones is 1.